The number of nitrogens with zero attached hydrogens (tertiary/aromatic N) is 3. The molecular formula is C22H19N3O4S. The van der Waals surface area contributed by atoms with Crippen molar-refractivity contribution >= 4 is 34.5 Å². The number of rotatable bonds is 6. The van der Waals surface area contributed by atoms with Crippen LogP contribution in [0.25, 0.3) is 23.2 Å². The summed E-state index contributed by atoms with van der Waals surface area (Å²) in [5.41, 5.74) is 1.52. The van der Waals surface area contributed by atoms with E-state index in [9.17, 15) is 4.79 Å². The van der Waals surface area contributed by atoms with Crippen molar-refractivity contribution in [2.24, 2.45) is 0 Å². The van der Waals surface area contributed by atoms with Gasteiger partial charge in [-0.3, -0.25) is 4.79 Å². The Balaban J connectivity index is 1.65. The Kier molecular flexibility index (Phi) is 5.49. The van der Waals surface area contributed by atoms with Gasteiger partial charge in [-0.1, -0.05) is 41.7 Å². The van der Waals surface area contributed by atoms with Crippen molar-refractivity contribution in [1.29, 1.82) is 0 Å². The van der Waals surface area contributed by atoms with Crippen molar-refractivity contribution in [3.05, 3.63) is 74.3 Å². The van der Waals surface area contributed by atoms with Crippen LogP contribution in [0.15, 0.2) is 47.3 Å². The molecule has 0 unspecified atom stereocenters. The van der Waals surface area contributed by atoms with E-state index in [1.807, 2.05) is 48.5 Å². The Morgan fingerprint density at radius 3 is 2.43 bits per heavy atom. The topological polar surface area (TPSA) is 74.9 Å². The number of methoxy groups -OCH3 is 3. The lowest BCUT2D eigenvalue weighted by atomic mass is 10.2. The van der Waals surface area contributed by atoms with Gasteiger partial charge < -0.3 is 14.2 Å². The van der Waals surface area contributed by atoms with Crippen LogP contribution in [-0.4, -0.2) is 35.9 Å². The van der Waals surface area contributed by atoms with Crippen LogP contribution in [0, 0.1) is 0 Å². The molecule has 0 aliphatic rings. The quantitative estimate of drug-likeness (QED) is 0.477. The fourth-order valence-electron chi connectivity index (χ4n) is 2.97. The molecule has 2 aromatic carbocycles. The van der Waals surface area contributed by atoms with E-state index in [1.54, 1.807) is 33.5 Å². The molecule has 0 radical (unpaired) electrons. The summed E-state index contributed by atoms with van der Waals surface area (Å²) < 4.78 is 17.8. The zero-order valence-electron chi connectivity index (χ0n) is 16.7. The van der Waals surface area contributed by atoms with E-state index in [4.69, 9.17) is 14.2 Å². The third-order valence-corrected chi connectivity index (χ3v) is 5.42. The van der Waals surface area contributed by atoms with E-state index < -0.39 is 0 Å². The van der Waals surface area contributed by atoms with Gasteiger partial charge >= 0.3 is 0 Å². The minimum Gasteiger partial charge on any atom is -0.496 e. The lowest BCUT2D eigenvalue weighted by Gasteiger charge is -2.07. The predicted octanol–water partition coefficient (Wildman–Crippen LogP) is 2.89. The lowest BCUT2D eigenvalue weighted by molar-refractivity contribution is 0.355. The first kappa shape index (κ1) is 19.7. The maximum atomic E-state index is 12.7. The molecular weight excluding hydrogens is 402 g/mol. The molecule has 0 aliphatic heterocycles. The SMILES string of the molecule is COc1ccccc1C=c1sc2nc(C=Cc3ccc(OC)c(OC)c3)nn2c1=O. The van der Waals surface area contributed by atoms with Crippen LogP contribution in [-0.2, 0) is 0 Å². The number of benzene rings is 2. The Bertz CT molecular complexity index is 1340. The summed E-state index contributed by atoms with van der Waals surface area (Å²) in [6.07, 6.45) is 5.40. The Morgan fingerprint density at radius 1 is 0.933 bits per heavy atom. The lowest BCUT2D eigenvalue weighted by Crippen LogP contribution is -2.23. The molecule has 2 heterocycles. The van der Waals surface area contributed by atoms with E-state index in [0.29, 0.717) is 32.6 Å². The average Bonchev–Trinajstić information content (AvgIpc) is 3.31. The van der Waals surface area contributed by atoms with Gasteiger partial charge in [0.05, 0.1) is 25.9 Å². The second-order valence-electron chi connectivity index (χ2n) is 6.27. The normalized spacial score (nSPS) is 12.0. The highest BCUT2D eigenvalue weighted by atomic mass is 32.1. The van der Waals surface area contributed by atoms with Gasteiger partial charge in [-0.05, 0) is 35.9 Å². The molecule has 0 N–H and O–H groups in total. The summed E-state index contributed by atoms with van der Waals surface area (Å²) in [6.45, 7) is 0. The van der Waals surface area contributed by atoms with Gasteiger partial charge in [0.2, 0.25) is 4.96 Å². The zero-order valence-corrected chi connectivity index (χ0v) is 17.5. The Morgan fingerprint density at radius 2 is 1.70 bits per heavy atom. The number of para-hydroxylation sites is 1. The van der Waals surface area contributed by atoms with Crippen LogP contribution in [0.1, 0.15) is 17.0 Å². The second kappa shape index (κ2) is 8.38. The van der Waals surface area contributed by atoms with Crippen LogP contribution in [0.4, 0.5) is 0 Å². The standard InChI is InChI=1S/C22H19N3O4S/c1-27-16-7-5-4-6-15(16)13-19-21(26)25-22(30-19)23-20(24-25)11-9-14-8-10-17(28-2)18(12-14)29-3/h4-13H,1-3H3. The molecule has 0 saturated carbocycles. The third-order valence-electron chi connectivity index (χ3n) is 4.46. The highest BCUT2D eigenvalue weighted by molar-refractivity contribution is 7.15. The van der Waals surface area contributed by atoms with Crippen molar-refractivity contribution in [2.75, 3.05) is 21.3 Å². The van der Waals surface area contributed by atoms with Crippen LogP contribution >= 0.6 is 11.3 Å². The molecule has 0 bridgehead atoms. The minimum absolute atomic E-state index is 0.209. The molecule has 4 rings (SSSR count). The molecule has 0 atom stereocenters. The zero-order chi connectivity index (χ0) is 21.1. The van der Waals surface area contributed by atoms with Crippen LogP contribution in [0.5, 0.6) is 17.2 Å². The summed E-state index contributed by atoms with van der Waals surface area (Å²) in [6, 6.07) is 13.1. The first-order valence-electron chi connectivity index (χ1n) is 9.07. The molecule has 152 valence electrons. The first-order chi connectivity index (χ1) is 14.6. The van der Waals surface area contributed by atoms with E-state index in [2.05, 4.69) is 10.1 Å². The van der Waals surface area contributed by atoms with Crippen LogP contribution < -0.4 is 24.3 Å². The smallest absolute Gasteiger partial charge is 0.291 e. The summed E-state index contributed by atoms with van der Waals surface area (Å²) in [7, 11) is 4.78. The Labute approximate surface area is 176 Å². The fourth-order valence-corrected chi connectivity index (χ4v) is 3.88. The first-order valence-corrected chi connectivity index (χ1v) is 9.89. The van der Waals surface area contributed by atoms with E-state index >= 15 is 0 Å². The van der Waals surface area contributed by atoms with Crippen molar-refractivity contribution in [2.45, 2.75) is 0 Å². The maximum absolute atomic E-state index is 12.7. The minimum atomic E-state index is -0.209. The molecule has 0 amide bonds. The number of fused-ring (bicyclic) bond motifs is 1. The number of hydrogen-bond acceptors (Lipinski definition) is 7. The monoisotopic (exact) mass is 421 g/mol. The average molecular weight is 421 g/mol. The maximum Gasteiger partial charge on any atom is 0.291 e. The number of aromatic nitrogens is 3. The summed E-state index contributed by atoms with van der Waals surface area (Å²) >= 11 is 1.29. The van der Waals surface area contributed by atoms with Gasteiger partial charge in [-0.15, -0.1) is 5.10 Å². The molecule has 30 heavy (non-hydrogen) atoms. The van der Waals surface area contributed by atoms with Crippen molar-refractivity contribution in [1.82, 2.24) is 14.6 Å². The summed E-state index contributed by atoms with van der Waals surface area (Å²) in [4.78, 5) is 17.7. The number of hydrogen-bond donors (Lipinski definition) is 0. The van der Waals surface area contributed by atoms with Gasteiger partial charge in [-0.2, -0.15) is 9.50 Å². The van der Waals surface area contributed by atoms with Crippen LogP contribution in [0.3, 0.4) is 0 Å². The molecule has 0 saturated heterocycles. The van der Waals surface area contributed by atoms with Crippen molar-refractivity contribution < 1.29 is 14.2 Å². The molecule has 8 heteroatoms. The molecule has 7 nitrogen and oxygen atoms in total. The fraction of sp³-hybridized carbons (Fsp3) is 0.136. The van der Waals surface area contributed by atoms with E-state index in [0.717, 1.165) is 11.1 Å². The van der Waals surface area contributed by atoms with Crippen molar-refractivity contribution in [3.63, 3.8) is 0 Å². The molecule has 0 fully saturated rings. The third kappa shape index (κ3) is 3.77. The van der Waals surface area contributed by atoms with Gasteiger partial charge in [0, 0.05) is 5.56 Å². The molecule has 2 aromatic heterocycles. The van der Waals surface area contributed by atoms with Gasteiger partial charge in [0.15, 0.2) is 17.3 Å². The number of thiazole rings is 1. The van der Waals surface area contributed by atoms with Gasteiger partial charge in [-0.25, -0.2) is 0 Å². The predicted molar refractivity (Wildman–Crippen MR) is 117 cm³/mol. The second-order valence-corrected chi connectivity index (χ2v) is 7.28. The molecule has 0 aliphatic carbocycles. The summed E-state index contributed by atoms with van der Waals surface area (Å²) in [5.74, 6) is 2.45. The van der Waals surface area contributed by atoms with Gasteiger partial charge in [0.25, 0.3) is 5.56 Å². The highest BCUT2D eigenvalue weighted by Gasteiger charge is 2.10. The largest absolute Gasteiger partial charge is 0.496 e. The van der Waals surface area contributed by atoms with Crippen LogP contribution in [0.2, 0.25) is 0 Å². The van der Waals surface area contributed by atoms with Gasteiger partial charge in [0.1, 0.15) is 5.75 Å². The van der Waals surface area contributed by atoms with E-state index in [-0.39, 0.29) is 5.56 Å². The number of ether oxygens (including phenoxy) is 3. The molecule has 4 aromatic rings. The van der Waals surface area contributed by atoms with E-state index in [1.165, 1.54) is 15.9 Å². The Hall–Kier alpha value is -3.65. The summed E-state index contributed by atoms with van der Waals surface area (Å²) in [5, 5.41) is 4.32. The highest BCUT2D eigenvalue weighted by Crippen LogP contribution is 2.28. The van der Waals surface area contributed by atoms with Crippen molar-refractivity contribution in [3.8, 4) is 17.2 Å². The molecule has 0 spiro atoms.